The van der Waals surface area contributed by atoms with Gasteiger partial charge >= 0.3 is 5.69 Å². The van der Waals surface area contributed by atoms with Crippen LogP contribution in [0.15, 0.2) is 29.3 Å². The number of hydrogen-bond donors (Lipinski definition) is 2. The predicted molar refractivity (Wildman–Crippen MR) is 69.4 cm³/mol. The van der Waals surface area contributed by atoms with Gasteiger partial charge in [-0.15, -0.1) is 0 Å². The third-order valence-corrected chi connectivity index (χ3v) is 2.71. The molecule has 0 aliphatic carbocycles. The van der Waals surface area contributed by atoms with Gasteiger partial charge in [0.15, 0.2) is 0 Å². The van der Waals surface area contributed by atoms with Crippen LogP contribution in [0.1, 0.15) is 11.3 Å². The van der Waals surface area contributed by atoms with Gasteiger partial charge in [0.2, 0.25) is 0 Å². The minimum atomic E-state index is -0.343. The molecule has 0 aromatic carbocycles. The Kier molecular flexibility index (Phi) is 3.59. The summed E-state index contributed by atoms with van der Waals surface area (Å²) in [4.78, 5) is 19.5. The molecule has 18 heavy (non-hydrogen) atoms. The van der Waals surface area contributed by atoms with E-state index >= 15 is 0 Å². The van der Waals surface area contributed by atoms with E-state index in [1.54, 1.807) is 18.3 Å². The average Bonchev–Trinajstić information content (AvgIpc) is 2.36. The minimum Gasteiger partial charge on any atom is -0.308 e. The summed E-state index contributed by atoms with van der Waals surface area (Å²) in [6, 6.07) is 3.33. The summed E-state index contributed by atoms with van der Waals surface area (Å²) >= 11 is 6.03. The highest BCUT2D eigenvalue weighted by atomic mass is 35.5. The van der Waals surface area contributed by atoms with Crippen molar-refractivity contribution >= 4 is 17.4 Å². The molecule has 0 amide bonds. The van der Waals surface area contributed by atoms with Crippen LogP contribution in [-0.2, 0) is 6.54 Å². The van der Waals surface area contributed by atoms with Gasteiger partial charge in [0, 0.05) is 12.4 Å². The van der Waals surface area contributed by atoms with Crippen molar-refractivity contribution in [2.45, 2.75) is 13.5 Å². The fraction of sp³-hybridized carbons (Fsp3) is 0.182. The molecule has 2 heterocycles. The van der Waals surface area contributed by atoms with Gasteiger partial charge in [-0.05, 0) is 24.6 Å². The van der Waals surface area contributed by atoms with E-state index in [1.807, 2.05) is 6.92 Å². The number of hydrogen-bond acceptors (Lipinski definition) is 5. The molecular formula is C11H12ClN5O. The van der Waals surface area contributed by atoms with E-state index in [4.69, 9.17) is 17.4 Å². The van der Waals surface area contributed by atoms with E-state index in [1.165, 1.54) is 10.8 Å². The van der Waals surface area contributed by atoms with E-state index in [9.17, 15) is 4.79 Å². The third-order valence-electron chi connectivity index (χ3n) is 2.37. The summed E-state index contributed by atoms with van der Waals surface area (Å²) in [5.74, 6) is 5.77. The number of hydrazine groups is 1. The Morgan fingerprint density at radius 2 is 2.28 bits per heavy atom. The molecule has 94 valence electrons. The number of anilines is 1. The molecule has 0 bridgehead atoms. The van der Waals surface area contributed by atoms with Gasteiger partial charge in [0.1, 0.15) is 5.82 Å². The first-order valence-electron chi connectivity index (χ1n) is 5.25. The molecule has 6 nitrogen and oxygen atoms in total. The lowest BCUT2D eigenvalue weighted by atomic mass is 10.3. The fourth-order valence-electron chi connectivity index (χ4n) is 1.52. The zero-order valence-corrected chi connectivity index (χ0v) is 10.5. The Morgan fingerprint density at radius 3 is 3.00 bits per heavy atom. The van der Waals surface area contributed by atoms with Crippen molar-refractivity contribution in [2.75, 3.05) is 5.43 Å². The zero-order valence-electron chi connectivity index (χ0n) is 9.72. The van der Waals surface area contributed by atoms with Gasteiger partial charge in [0.05, 0.1) is 17.3 Å². The molecule has 2 aromatic heterocycles. The van der Waals surface area contributed by atoms with Crippen LogP contribution >= 0.6 is 11.6 Å². The first-order valence-corrected chi connectivity index (χ1v) is 5.63. The molecule has 0 saturated heterocycles. The van der Waals surface area contributed by atoms with Crippen molar-refractivity contribution in [3.63, 3.8) is 0 Å². The van der Waals surface area contributed by atoms with E-state index in [0.717, 1.165) is 5.56 Å². The van der Waals surface area contributed by atoms with Crippen LogP contribution in [0.25, 0.3) is 0 Å². The Balaban J connectivity index is 2.39. The normalized spacial score (nSPS) is 10.4. The number of aryl methyl sites for hydroxylation is 1. The summed E-state index contributed by atoms with van der Waals surface area (Å²) in [6.07, 6.45) is 3.22. The number of rotatable bonds is 3. The molecule has 0 unspecified atom stereocenters. The van der Waals surface area contributed by atoms with Crippen molar-refractivity contribution in [3.05, 3.63) is 51.3 Å². The highest BCUT2D eigenvalue weighted by Crippen LogP contribution is 2.16. The molecule has 0 aliphatic heterocycles. The minimum absolute atomic E-state index is 0.252. The number of nitrogens with two attached hydrogens (primary N) is 1. The van der Waals surface area contributed by atoms with Crippen molar-refractivity contribution < 1.29 is 0 Å². The molecule has 0 saturated carbocycles. The van der Waals surface area contributed by atoms with Crippen LogP contribution in [0.5, 0.6) is 0 Å². The molecule has 7 heteroatoms. The highest BCUT2D eigenvalue weighted by Gasteiger charge is 2.06. The van der Waals surface area contributed by atoms with Crippen LogP contribution in [0.4, 0.5) is 5.82 Å². The maximum absolute atomic E-state index is 11.6. The SMILES string of the molecule is Cc1cnc(=O)n(Cc2nc(NN)ccc2Cl)c1. The first kappa shape index (κ1) is 12.5. The predicted octanol–water partition coefficient (Wildman–Crippen LogP) is 0.934. The maximum Gasteiger partial charge on any atom is 0.347 e. The molecule has 0 fully saturated rings. The first-order chi connectivity index (χ1) is 8.60. The second-order valence-electron chi connectivity index (χ2n) is 3.81. The molecule has 3 N–H and O–H groups in total. The van der Waals surface area contributed by atoms with Crippen LogP contribution in [-0.4, -0.2) is 14.5 Å². The monoisotopic (exact) mass is 265 g/mol. The van der Waals surface area contributed by atoms with Crippen molar-refractivity contribution in [3.8, 4) is 0 Å². The summed E-state index contributed by atoms with van der Waals surface area (Å²) < 4.78 is 1.45. The van der Waals surface area contributed by atoms with Crippen molar-refractivity contribution in [2.24, 2.45) is 5.84 Å². The summed E-state index contributed by atoms with van der Waals surface area (Å²) in [7, 11) is 0. The molecule has 2 rings (SSSR count). The van der Waals surface area contributed by atoms with Crippen molar-refractivity contribution in [1.29, 1.82) is 0 Å². The van der Waals surface area contributed by atoms with Gasteiger partial charge in [-0.25, -0.2) is 20.6 Å². The van der Waals surface area contributed by atoms with Crippen LogP contribution < -0.4 is 17.0 Å². The quantitative estimate of drug-likeness (QED) is 0.637. The Labute approximate surface area is 108 Å². The van der Waals surface area contributed by atoms with Crippen LogP contribution in [0.3, 0.4) is 0 Å². The maximum atomic E-state index is 11.6. The Bertz CT molecular complexity index is 625. The lowest BCUT2D eigenvalue weighted by Crippen LogP contribution is -2.23. The molecule has 0 aliphatic rings. The molecule has 0 atom stereocenters. The third kappa shape index (κ3) is 2.66. The van der Waals surface area contributed by atoms with E-state index in [2.05, 4.69) is 15.4 Å². The number of nitrogen functional groups attached to an aromatic ring is 1. The largest absolute Gasteiger partial charge is 0.347 e. The lowest BCUT2D eigenvalue weighted by Gasteiger charge is -2.08. The van der Waals surface area contributed by atoms with Gasteiger partial charge in [-0.3, -0.25) is 4.57 Å². The topological polar surface area (TPSA) is 85.8 Å². The molecule has 0 radical (unpaired) electrons. The summed E-state index contributed by atoms with van der Waals surface area (Å²) in [5.41, 5.74) is 3.54. The van der Waals surface area contributed by atoms with E-state index in [-0.39, 0.29) is 12.2 Å². The van der Waals surface area contributed by atoms with Gasteiger partial charge in [0.25, 0.3) is 0 Å². The van der Waals surface area contributed by atoms with Gasteiger partial charge < -0.3 is 5.43 Å². The number of halogens is 1. The fourth-order valence-corrected chi connectivity index (χ4v) is 1.68. The smallest absolute Gasteiger partial charge is 0.308 e. The number of nitrogens with zero attached hydrogens (tertiary/aromatic N) is 3. The second kappa shape index (κ2) is 5.16. The number of nitrogens with one attached hydrogen (secondary N) is 1. The lowest BCUT2D eigenvalue weighted by molar-refractivity contribution is 0.706. The molecular weight excluding hydrogens is 254 g/mol. The van der Waals surface area contributed by atoms with E-state index in [0.29, 0.717) is 16.5 Å². The highest BCUT2D eigenvalue weighted by molar-refractivity contribution is 6.31. The molecule has 2 aromatic rings. The Morgan fingerprint density at radius 1 is 1.50 bits per heavy atom. The summed E-state index contributed by atoms with van der Waals surface area (Å²) in [5, 5.41) is 0.474. The Hall–Kier alpha value is -1.92. The summed E-state index contributed by atoms with van der Waals surface area (Å²) in [6.45, 7) is 2.11. The number of pyridine rings is 1. The van der Waals surface area contributed by atoms with Crippen LogP contribution in [0, 0.1) is 6.92 Å². The number of aromatic nitrogens is 3. The zero-order chi connectivity index (χ0) is 13.1. The molecule has 0 spiro atoms. The standard InChI is InChI=1S/C11H12ClN5O/c1-7-4-14-11(18)17(5-7)6-9-8(12)2-3-10(15-9)16-13/h2-5H,6,13H2,1H3,(H,15,16). The average molecular weight is 266 g/mol. The van der Waals surface area contributed by atoms with Crippen molar-refractivity contribution in [1.82, 2.24) is 14.5 Å². The second-order valence-corrected chi connectivity index (χ2v) is 4.22. The van der Waals surface area contributed by atoms with E-state index < -0.39 is 0 Å². The van der Waals surface area contributed by atoms with Gasteiger partial charge in [-0.1, -0.05) is 11.6 Å². The van der Waals surface area contributed by atoms with Crippen LogP contribution in [0.2, 0.25) is 5.02 Å². The van der Waals surface area contributed by atoms with Gasteiger partial charge in [-0.2, -0.15) is 0 Å².